The molecule has 0 aromatic heterocycles. The third-order valence-corrected chi connectivity index (χ3v) is 5.52. The number of hydrogen-bond acceptors (Lipinski definition) is 5. The number of carbonyl (C=O) groups excluding carboxylic acids is 2. The van der Waals surface area contributed by atoms with Gasteiger partial charge >= 0.3 is 5.97 Å². The number of carbonyl (C=O) groups is 3. The molecule has 7 heteroatoms. The van der Waals surface area contributed by atoms with Gasteiger partial charge < -0.3 is 19.9 Å². The summed E-state index contributed by atoms with van der Waals surface area (Å²) in [5.74, 6) is -1.18. The first-order chi connectivity index (χ1) is 12.6. The van der Waals surface area contributed by atoms with Crippen LogP contribution in [0.2, 0.25) is 0 Å². The molecule has 0 radical (unpaired) electrons. The number of benzene rings is 1. The molecule has 0 bridgehead atoms. The third-order valence-electron chi connectivity index (χ3n) is 5.52. The lowest BCUT2D eigenvalue weighted by molar-refractivity contribution is -0.194. The van der Waals surface area contributed by atoms with Crippen LogP contribution >= 0.6 is 0 Å². The van der Waals surface area contributed by atoms with Crippen molar-refractivity contribution in [3.63, 3.8) is 0 Å². The van der Waals surface area contributed by atoms with Gasteiger partial charge in [-0.25, -0.2) is 4.79 Å². The number of carboxylic acid groups (broad SMARTS) is 1. The molecule has 27 heavy (non-hydrogen) atoms. The summed E-state index contributed by atoms with van der Waals surface area (Å²) in [6, 6.07) is 4.86. The fraction of sp³-hybridized carbons (Fsp3) is 0.550. The molecule has 0 aliphatic heterocycles. The maximum absolute atomic E-state index is 12.7. The van der Waals surface area contributed by atoms with E-state index in [1.54, 1.807) is 32.0 Å². The smallest absolute Gasteiger partial charge is 0.330 e. The zero-order chi connectivity index (χ0) is 20.4. The lowest BCUT2D eigenvalue weighted by atomic mass is 9.54. The molecule has 1 aliphatic carbocycles. The quantitative estimate of drug-likeness (QED) is 0.674. The van der Waals surface area contributed by atoms with Crippen LogP contribution in [-0.2, 0) is 20.7 Å². The van der Waals surface area contributed by atoms with E-state index in [1.165, 1.54) is 14.0 Å². The second-order valence-corrected chi connectivity index (χ2v) is 7.39. The van der Waals surface area contributed by atoms with Crippen LogP contribution in [0.1, 0.15) is 50.0 Å². The summed E-state index contributed by atoms with van der Waals surface area (Å²) in [6.07, 6.45) is -0.122. The van der Waals surface area contributed by atoms with Gasteiger partial charge in [-0.05, 0) is 32.0 Å². The van der Waals surface area contributed by atoms with Crippen molar-refractivity contribution >= 4 is 17.7 Å². The van der Waals surface area contributed by atoms with Gasteiger partial charge in [0, 0.05) is 29.6 Å². The maximum Gasteiger partial charge on any atom is 0.330 e. The predicted octanol–water partition coefficient (Wildman–Crippen LogP) is 2.21. The van der Waals surface area contributed by atoms with E-state index in [2.05, 4.69) is 5.32 Å². The average Bonchev–Trinajstić information content (AvgIpc) is 2.60. The number of Topliss-reactive ketones (excluding diaryl/α,β-unsaturated/α-hetero) is 1. The van der Waals surface area contributed by atoms with Gasteiger partial charge in [-0.3, -0.25) is 9.59 Å². The van der Waals surface area contributed by atoms with Gasteiger partial charge in [0.1, 0.15) is 11.3 Å². The minimum atomic E-state index is -1.39. The summed E-state index contributed by atoms with van der Waals surface area (Å²) < 4.78 is 10.9. The molecule has 2 atom stereocenters. The molecule has 1 aliphatic rings. The van der Waals surface area contributed by atoms with E-state index >= 15 is 0 Å². The number of amides is 1. The van der Waals surface area contributed by atoms with E-state index < -0.39 is 22.8 Å². The Bertz CT molecular complexity index is 757. The van der Waals surface area contributed by atoms with E-state index in [0.717, 1.165) is 0 Å². The molecule has 1 aromatic rings. The van der Waals surface area contributed by atoms with Gasteiger partial charge in [-0.2, -0.15) is 0 Å². The molecule has 2 rings (SSSR count). The van der Waals surface area contributed by atoms with Crippen molar-refractivity contribution < 1.29 is 29.0 Å². The third kappa shape index (κ3) is 3.69. The molecular formula is C20H27NO6. The number of carboxylic acids is 1. The highest BCUT2D eigenvalue weighted by Gasteiger charge is 2.66. The topological polar surface area (TPSA) is 102 Å². The largest absolute Gasteiger partial charge is 0.496 e. The van der Waals surface area contributed by atoms with Gasteiger partial charge in [-0.1, -0.05) is 13.8 Å². The molecule has 0 heterocycles. The normalized spacial score (nSPS) is 23.2. The van der Waals surface area contributed by atoms with Crippen molar-refractivity contribution in [2.45, 2.75) is 52.2 Å². The SMILES string of the molecule is CCOC1CC(NC(=O)Cc2cc(C(C)=O)ccc2OC)(C(=O)O)C1(C)C. The summed E-state index contributed by atoms with van der Waals surface area (Å²) in [5, 5.41) is 12.5. The Morgan fingerprint density at radius 2 is 1.96 bits per heavy atom. The number of aliphatic carboxylic acids is 1. The van der Waals surface area contributed by atoms with Crippen LogP contribution < -0.4 is 10.1 Å². The predicted molar refractivity (Wildman–Crippen MR) is 99.0 cm³/mol. The van der Waals surface area contributed by atoms with Crippen LogP contribution in [0, 0.1) is 5.41 Å². The van der Waals surface area contributed by atoms with Crippen LogP contribution in [0.15, 0.2) is 18.2 Å². The fourth-order valence-electron chi connectivity index (χ4n) is 3.63. The van der Waals surface area contributed by atoms with E-state index in [1.807, 2.05) is 6.92 Å². The zero-order valence-electron chi connectivity index (χ0n) is 16.4. The number of rotatable bonds is 8. The van der Waals surface area contributed by atoms with Crippen molar-refractivity contribution in [3.05, 3.63) is 29.3 Å². The van der Waals surface area contributed by atoms with E-state index in [0.29, 0.717) is 23.5 Å². The van der Waals surface area contributed by atoms with Gasteiger partial charge in [0.2, 0.25) is 5.91 Å². The summed E-state index contributed by atoms with van der Waals surface area (Å²) in [5.41, 5.74) is -1.15. The molecule has 0 spiro atoms. The van der Waals surface area contributed by atoms with E-state index in [-0.39, 0.29) is 24.7 Å². The van der Waals surface area contributed by atoms with Crippen LogP contribution in [-0.4, -0.2) is 48.1 Å². The Morgan fingerprint density at radius 1 is 1.30 bits per heavy atom. The number of ether oxygens (including phenoxy) is 2. The first kappa shape index (κ1) is 20.9. The van der Waals surface area contributed by atoms with Crippen molar-refractivity contribution in [2.75, 3.05) is 13.7 Å². The first-order valence-corrected chi connectivity index (χ1v) is 8.93. The van der Waals surface area contributed by atoms with Gasteiger partial charge in [0.05, 0.1) is 19.6 Å². The van der Waals surface area contributed by atoms with Gasteiger partial charge in [0.15, 0.2) is 5.78 Å². The van der Waals surface area contributed by atoms with Crippen LogP contribution in [0.5, 0.6) is 5.75 Å². The molecule has 7 nitrogen and oxygen atoms in total. The van der Waals surface area contributed by atoms with Gasteiger partial charge in [-0.15, -0.1) is 0 Å². The lowest BCUT2D eigenvalue weighted by Gasteiger charge is -2.58. The fourth-order valence-corrected chi connectivity index (χ4v) is 3.63. The lowest BCUT2D eigenvalue weighted by Crippen LogP contribution is -2.76. The second-order valence-electron chi connectivity index (χ2n) is 7.39. The van der Waals surface area contributed by atoms with Crippen molar-refractivity contribution in [1.29, 1.82) is 0 Å². The molecule has 0 saturated heterocycles. The Balaban J connectivity index is 2.23. The van der Waals surface area contributed by atoms with Crippen molar-refractivity contribution in [2.24, 2.45) is 5.41 Å². The maximum atomic E-state index is 12.7. The first-order valence-electron chi connectivity index (χ1n) is 8.93. The molecular weight excluding hydrogens is 350 g/mol. The molecule has 1 saturated carbocycles. The number of hydrogen-bond donors (Lipinski definition) is 2. The zero-order valence-corrected chi connectivity index (χ0v) is 16.4. The Morgan fingerprint density at radius 3 is 2.44 bits per heavy atom. The highest BCUT2D eigenvalue weighted by atomic mass is 16.5. The summed E-state index contributed by atoms with van der Waals surface area (Å²) in [7, 11) is 1.48. The van der Waals surface area contributed by atoms with E-state index in [4.69, 9.17) is 9.47 Å². The number of methoxy groups -OCH3 is 1. The minimum Gasteiger partial charge on any atom is -0.496 e. The minimum absolute atomic E-state index is 0.0886. The standard InChI is InChI=1S/C20H27NO6/c1-6-27-16-11-20(18(24)25,19(16,3)4)21-17(23)10-14-9-13(12(2)22)7-8-15(14)26-5/h7-9,16H,6,10-11H2,1-5H3,(H,21,23)(H,24,25). The Hall–Kier alpha value is -2.41. The highest BCUT2D eigenvalue weighted by Crippen LogP contribution is 2.51. The average molecular weight is 377 g/mol. The highest BCUT2D eigenvalue weighted by molar-refractivity contribution is 5.95. The molecule has 2 unspecified atom stereocenters. The number of nitrogens with one attached hydrogen (secondary N) is 1. The monoisotopic (exact) mass is 377 g/mol. The van der Waals surface area contributed by atoms with Crippen molar-refractivity contribution in [1.82, 2.24) is 5.32 Å². The van der Waals surface area contributed by atoms with Crippen LogP contribution in [0.25, 0.3) is 0 Å². The summed E-state index contributed by atoms with van der Waals surface area (Å²) in [6.45, 7) is 7.33. The molecule has 1 aromatic carbocycles. The molecule has 2 N–H and O–H groups in total. The van der Waals surface area contributed by atoms with Crippen molar-refractivity contribution in [3.8, 4) is 5.75 Å². The molecule has 1 fully saturated rings. The van der Waals surface area contributed by atoms with E-state index in [9.17, 15) is 19.5 Å². The van der Waals surface area contributed by atoms with Crippen LogP contribution in [0.3, 0.4) is 0 Å². The second kappa shape index (κ2) is 7.68. The Kier molecular flexibility index (Phi) is 5.94. The summed E-state index contributed by atoms with van der Waals surface area (Å²) >= 11 is 0. The van der Waals surface area contributed by atoms with Gasteiger partial charge in [0.25, 0.3) is 0 Å². The van der Waals surface area contributed by atoms with Crippen LogP contribution in [0.4, 0.5) is 0 Å². The Labute approximate surface area is 159 Å². The number of ketones is 1. The molecule has 1 amide bonds. The summed E-state index contributed by atoms with van der Waals surface area (Å²) in [4.78, 5) is 36.3. The molecule has 148 valence electrons.